The van der Waals surface area contributed by atoms with Crippen LogP contribution >= 0.6 is 0 Å². The number of halogens is 3. The van der Waals surface area contributed by atoms with Crippen molar-refractivity contribution in [1.29, 1.82) is 0 Å². The maximum Gasteiger partial charge on any atom is 0.453 e. The first-order valence-corrected chi connectivity index (χ1v) is 8.05. The highest BCUT2D eigenvalue weighted by Crippen LogP contribution is 2.28. The number of alkyl halides is 3. The van der Waals surface area contributed by atoms with E-state index in [1.807, 2.05) is 0 Å². The predicted molar refractivity (Wildman–Crippen MR) is 91.6 cm³/mol. The second kappa shape index (κ2) is 5.97. The molecule has 0 atom stereocenters. The molecule has 0 bridgehead atoms. The van der Waals surface area contributed by atoms with Crippen LogP contribution in [0.4, 0.5) is 13.2 Å². The van der Waals surface area contributed by atoms with Crippen LogP contribution in [-0.2, 0) is 20.3 Å². The number of fused-ring (bicyclic) bond motifs is 1. The van der Waals surface area contributed by atoms with Gasteiger partial charge in [-0.15, -0.1) is 10.2 Å². The van der Waals surface area contributed by atoms with Crippen LogP contribution in [0, 0.1) is 6.92 Å². The normalized spacial score (nSPS) is 12.1. The van der Waals surface area contributed by atoms with Crippen LogP contribution in [-0.4, -0.2) is 39.3 Å². The largest absolute Gasteiger partial charge is 0.453 e. The van der Waals surface area contributed by atoms with Gasteiger partial charge in [0.05, 0.1) is 5.39 Å². The van der Waals surface area contributed by atoms with Crippen LogP contribution in [0.5, 0.6) is 0 Å². The lowest BCUT2D eigenvalue weighted by molar-refractivity contribution is -0.144. The summed E-state index contributed by atoms with van der Waals surface area (Å²) in [4.78, 5) is 20.2. The standard InChI is InChI=1S/C16H13F3N8O/c1-8-20-12(11-9-6-4-5-7-10(9)13(28)25(2)23-11)27(22-8)15-21-14(16(17,18)19)24-26(15)3/h4-7H,1-3H3. The molecule has 0 amide bonds. The maximum atomic E-state index is 13.0. The van der Waals surface area contributed by atoms with Crippen molar-refractivity contribution in [3.05, 3.63) is 46.3 Å². The molecule has 0 aliphatic heterocycles. The summed E-state index contributed by atoms with van der Waals surface area (Å²) in [5.74, 6) is -1.02. The van der Waals surface area contributed by atoms with Crippen LogP contribution in [0.1, 0.15) is 11.6 Å². The van der Waals surface area contributed by atoms with E-state index in [2.05, 4.69) is 25.3 Å². The van der Waals surface area contributed by atoms with Crippen molar-refractivity contribution in [2.75, 3.05) is 0 Å². The highest BCUT2D eigenvalue weighted by Gasteiger charge is 2.37. The molecule has 0 spiro atoms. The average Bonchev–Trinajstić information content (AvgIpc) is 3.20. The molecule has 144 valence electrons. The molecule has 1 aromatic carbocycles. The molecule has 4 rings (SSSR count). The summed E-state index contributed by atoms with van der Waals surface area (Å²) in [7, 11) is 2.81. The zero-order valence-electron chi connectivity index (χ0n) is 14.9. The molecule has 3 heterocycles. The summed E-state index contributed by atoms with van der Waals surface area (Å²) < 4.78 is 42.2. The summed E-state index contributed by atoms with van der Waals surface area (Å²) in [6.07, 6.45) is -4.70. The zero-order chi connectivity index (χ0) is 20.2. The molecule has 0 unspecified atom stereocenters. The Hall–Kier alpha value is -3.57. The van der Waals surface area contributed by atoms with Crippen molar-refractivity contribution >= 4 is 10.8 Å². The molecule has 0 saturated heterocycles. The van der Waals surface area contributed by atoms with Gasteiger partial charge in [0.1, 0.15) is 11.5 Å². The monoisotopic (exact) mass is 390 g/mol. The Labute approximate surface area is 155 Å². The fourth-order valence-electron chi connectivity index (χ4n) is 2.85. The molecule has 4 aromatic rings. The summed E-state index contributed by atoms with van der Waals surface area (Å²) in [6.45, 7) is 1.59. The molecule has 9 nitrogen and oxygen atoms in total. The Morgan fingerprint density at radius 3 is 2.25 bits per heavy atom. The average molecular weight is 390 g/mol. The summed E-state index contributed by atoms with van der Waals surface area (Å²) in [5.41, 5.74) is -0.0185. The van der Waals surface area contributed by atoms with Crippen LogP contribution < -0.4 is 5.56 Å². The minimum atomic E-state index is -4.70. The van der Waals surface area contributed by atoms with E-state index in [4.69, 9.17) is 0 Å². The topological polar surface area (TPSA) is 96.3 Å². The Balaban J connectivity index is 2.01. The van der Waals surface area contributed by atoms with Gasteiger partial charge in [-0.2, -0.15) is 27.9 Å². The Kier molecular flexibility index (Phi) is 3.80. The highest BCUT2D eigenvalue weighted by atomic mass is 19.4. The third kappa shape index (κ3) is 2.73. The first-order valence-electron chi connectivity index (χ1n) is 8.05. The molecular weight excluding hydrogens is 377 g/mol. The van der Waals surface area contributed by atoms with Crippen molar-refractivity contribution in [1.82, 2.24) is 39.3 Å². The number of benzene rings is 1. The van der Waals surface area contributed by atoms with Crippen LogP contribution in [0.2, 0.25) is 0 Å². The molecule has 3 aromatic heterocycles. The van der Waals surface area contributed by atoms with E-state index in [1.54, 1.807) is 31.2 Å². The number of hydrogen-bond donors (Lipinski definition) is 0. The molecule has 0 N–H and O–H groups in total. The lowest BCUT2D eigenvalue weighted by Crippen LogP contribution is -2.21. The van der Waals surface area contributed by atoms with E-state index in [1.165, 1.54) is 14.1 Å². The fraction of sp³-hybridized carbons (Fsp3) is 0.250. The minimum Gasteiger partial charge on any atom is -0.267 e. The number of aromatic nitrogens is 8. The third-order valence-corrected chi connectivity index (χ3v) is 4.06. The van der Waals surface area contributed by atoms with Gasteiger partial charge in [0, 0.05) is 19.5 Å². The predicted octanol–water partition coefficient (Wildman–Crippen LogP) is 1.64. The van der Waals surface area contributed by atoms with E-state index in [0.717, 1.165) is 14.0 Å². The van der Waals surface area contributed by atoms with Gasteiger partial charge in [-0.3, -0.25) is 4.79 Å². The van der Waals surface area contributed by atoms with Gasteiger partial charge in [0.2, 0.25) is 0 Å². The molecule has 12 heteroatoms. The lowest BCUT2D eigenvalue weighted by atomic mass is 10.1. The van der Waals surface area contributed by atoms with Crippen molar-refractivity contribution in [3.8, 4) is 17.5 Å². The van der Waals surface area contributed by atoms with Gasteiger partial charge in [-0.05, 0) is 13.0 Å². The van der Waals surface area contributed by atoms with Crippen molar-refractivity contribution in [2.24, 2.45) is 14.1 Å². The van der Waals surface area contributed by atoms with Gasteiger partial charge in [-0.25, -0.2) is 14.3 Å². The van der Waals surface area contributed by atoms with E-state index >= 15 is 0 Å². The van der Waals surface area contributed by atoms with Gasteiger partial charge < -0.3 is 0 Å². The number of nitrogens with zero attached hydrogens (tertiary/aromatic N) is 8. The van der Waals surface area contributed by atoms with Gasteiger partial charge in [-0.1, -0.05) is 18.2 Å². The van der Waals surface area contributed by atoms with Crippen LogP contribution in [0.25, 0.3) is 28.2 Å². The van der Waals surface area contributed by atoms with Crippen molar-refractivity contribution in [3.63, 3.8) is 0 Å². The Morgan fingerprint density at radius 1 is 0.929 bits per heavy atom. The third-order valence-electron chi connectivity index (χ3n) is 4.06. The molecule has 0 aliphatic rings. The zero-order valence-corrected chi connectivity index (χ0v) is 14.9. The second-order valence-corrected chi connectivity index (χ2v) is 6.07. The summed E-state index contributed by atoms with van der Waals surface area (Å²) in [5, 5.41) is 12.7. The van der Waals surface area contributed by atoms with E-state index < -0.39 is 12.0 Å². The SMILES string of the molecule is Cc1nc(-c2nn(C)c(=O)c3ccccc23)n(-c2nc(C(F)(F)F)nn2C)n1. The highest BCUT2D eigenvalue weighted by molar-refractivity contribution is 5.92. The van der Waals surface area contributed by atoms with Crippen LogP contribution in [0.3, 0.4) is 0 Å². The van der Waals surface area contributed by atoms with E-state index in [0.29, 0.717) is 16.6 Å². The fourth-order valence-corrected chi connectivity index (χ4v) is 2.85. The number of aryl methyl sites for hydroxylation is 3. The first-order chi connectivity index (χ1) is 13.2. The Bertz CT molecular complexity index is 1270. The molecule has 0 radical (unpaired) electrons. The maximum absolute atomic E-state index is 13.0. The summed E-state index contributed by atoms with van der Waals surface area (Å²) >= 11 is 0. The molecular formula is C16H13F3N8O. The van der Waals surface area contributed by atoms with E-state index in [9.17, 15) is 18.0 Å². The lowest BCUT2D eigenvalue weighted by Gasteiger charge is -2.08. The minimum absolute atomic E-state index is 0.147. The molecule has 0 aliphatic carbocycles. The van der Waals surface area contributed by atoms with E-state index in [-0.39, 0.29) is 23.0 Å². The number of rotatable bonds is 2. The quantitative estimate of drug-likeness (QED) is 0.516. The van der Waals surface area contributed by atoms with Crippen molar-refractivity contribution < 1.29 is 13.2 Å². The van der Waals surface area contributed by atoms with Gasteiger partial charge in [0.15, 0.2) is 5.82 Å². The van der Waals surface area contributed by atoms with Crippen LogP contribution in [0.15, 0.2) is 29.1 Å². The van der Waals surface area contributed by atoms with Crippen molar-refractivity contribution in [2.45, 2.75) is 13.1 Å². The smallest absolute Gasteiger partial charge is 0.267 e. The van der Waals surface area contributed by atoms with Gasteiger partial charge >= 0.3 is 6.18 Å². The summed E-state index contributed by atoms with van der Waals surface area (Å²) in [6, 6.07) is 6.76. The molecule has 0 saturated carbocycles. The molecule has 28 heavy (non-hydrogen) atoms. The van der Waals surface area contributed by atoms with Gasteiger partial charge in [0.25, 0.3) is 17.3 Å². The molecule has 0 fully saturated rings. The number of hydrogen-bond acceptors (Lipinski definition) is 6. The second-order valence-electron chi connectivity index (χ2n) is 6.07. The first kappa shape index (κ1) is 17.8. The Morgan fingerprint density at radius 2 is 1.61 bits per heavy atom.